The second-order valence-electron chi connectivity index (χ2n) is 6.18. The third-order valence-corrected chi connectivity index (χ3v) is 3.63. The van der Waals surface area contributed by atoms with Crippen molar-refractivity contribution < 1.29 is 9.53 Å². The van der Waals surface area contributed by atoms with Crippen LogP contribution < -0.4 is 5.73 Å². The van der Waals surface area contributed by atoms with Crippen molar-refractivity contribution in [1.82, 2.24) is 0 Å². The predicted octanol–water partition coefficient (Wildman–Crippen LogP) is 2.87. The van der Waals surface area contributed by atoms with Crippen LogP contribution in [0.4, 0.5) is 0 Å². The van der Waals surface area contributed by atoms with E-state index in [4.69, 9.17) is 10.5 Å². The number of hydrogen-bond acceptors (Lipinski definition) is 3. The van der Waals surface area contributed by atoms with E-state index < -0.39 is 11.6 Å². The van der Waals surface area contributed by atoms with Crippen LogP contribution in [-0.2, 0) is 9.53 Å². The quantitative estimate of drug-likeness (QED) is 0.773. The van der Waals surface area contributed by atoms with Gasteiger partial charge in [-0.3, -0.25) is 4.79 Å². The number of esters is 1. The molecule has 0 aromatic heterocycles. The van der Waals surface area contributed by atoms with Gasteiger partial charge in [0.1, 0.15) is 11.6 Å². The van der Waals surface area contributed by atoms with E-state index in [1.807, 2.05) is 20.8 Å². The number of ether oxygens (including phenoxy) is 1. The summed E-state index contributed by atoms with van der Waals surface area (Å²) in [6, 6.07) is -0.445. The van der Waals surface area contributed by atoms with Gasteiger partial charge in [-0.15, -0.1) is 0 Å². The molecule has 0 aromatic rings. The fourth-order valence-corrected chi connectivity index (χ4v) is 2.76. The highest BCUT2D eigenvalue weighted by molar-refractivity contribution is 5.76. The molecule has 1 aliphatic carbocycles. The number of hydrogen-bond donors (Lipinski definition) is 1. The summed E-state index contributed by atoms with van der Waals surface area (Å²) in [5.41, 5.74) is 5.65. The average molecular weight is 241 g/mol. The maximum atomic E-state index is 12.0. The Kier molecular flexibility index (Phi) is 4.99. The van der Waals surface area contributed by atoms with E-state index in [2.05, 4.69) is 6.92 Å². The zero-order valence-corrected chi connectivity index (χ0v) is 11.7. The van der Waals surface area contributed by atoms with Gasteiger partial charge in [-0.1, -0.05) is 32.6 Å². The molecule has 3 nitrogen and oxygen atoms in total. The molecule has 1 fully saturated rings. The first-order valence-corrected chi connectivity index (χ1v) is 6.83. The average Bonchev–Trinajstić information content (AvgIpc) is 2.25. The van der Waals surface area contributed by atoms with Crippen LogP contribution in [0.1, 0.15) is 59.8 Å². The van der Waals surface area contributed by atoms with Gasteiger partial charge in [0.05, 0.1) is 0 Å². The van der Waals surface area contributed by atoms with Crippen LogP contribution in [-0.4, -0.2) is 17.6 Å². The summed E-state index contributed by atoms with van der Waals surface area (Å²) >= 11 is 0. The first-order valence-electron chi connectivity index (χ1n) is 6.83. The third kappa shape index (κ3) is 4.30. The summed E-state index contributed by atoms with van der Waals surface area (Å²) in [4.78, 5) is 12.0. The molecular formula is C14H27NO2. The SMILES string of the molecule is CCC1CCCCC1C(N)C(=O)OC(C)(C)C. The first kappa shape index (κ1) is 14.5. The minimum Gasteiger partial charge on any atom is -0.459 e. The van der Waals surface area contributed by atoms with E-state index in [0.29, 0.717) is 11.8 Å². The molecular weight excluding hydrogens is 214 g/mol. The molecule has 0 amide bonds. The van der Waals surface area contributed by atoms with E-state index in [9.17, 15) is 4.79 Å². The van der Waals surface area contributed by atoms with Crippen molar-refractivity contribution in [2.24, 2.45) is 17.6 Å². The number of nitrogens with two attached hydrogens (primary N) is 1. The molecule has 0 radical (unpaired) electrons. The Labute approximate surface area is 105 Å². The molecule has 3 heteroatoms. The zero-order valence-electron chi connectivity index (χ0n) is 11.7. The standard InChI is InChI=1S/C14H27NO2/c1-5-10-8-6-7-9-11(10)12(15)13(16)17-14(2,3)4/h10-12H,5-9,15H2,1-4H3. The second-order valence-corrected chi connectivity index (χ2v) is 6.18. The minimum atomic E-state index is -0.445. The summed E-state index contributed by atoms with van der Waals surface area (Å²) in [6.07, 6.45) is 5.85. The second kappa shape index (κ2) is 5.85. The van der Waals surface area contributed by atoms with Crippen molar-refractivity contribution in [3.63, 3.8) is 0 Å². The summed E-state index contributed by atoms with van der Waals surface area (Å²) in [5.74, 6) is 0.665. The van der Waals surface area contributed by atoms with Crippen molar-refractivity contribution in [3.8, 4) is 0 Å². The lowest BCUT2D eigenvalue weighted by Gasteiger charge is -2.35. The Morgan fingerprint density at radius 1 is 1.35 bits per heavy atom. The van der Waals surface area contributed by atoms with Gasteiger partial charge in [0.25, 0.3) is 0 Å². The highest BCUT2D eigenvalue weighted by Gasteiger charge is 2.34. The summed E-state index contributed by atoms with van der Waals surface area (Å²) in [7, 11) is 0. The van der Waals surface area contributed by atoms with Crippen molar-refractivity contribution in [1.29, 1.82) is 0 Å². The topological polar surface area (TPSA) is 52.3 Å². The van der Waals surface area contributed by atoms with E-state index in [1.165, 1.54) is 19.3 Å². The fraction of sp³-hybridized carbons (Fsp3) is 0.929. The Morgan fingerprint density at radius 2 is 1.94 bits per heavy atom. The highest BCUT2D eigenvalue weighted by Crippen LogP contribution is 2.34. The van der Waals surface area contributed by atoms with E-state index in [0.717, 1.165) is 12.8 Å². The van der Waals surface area contributed by atoms with Gasteiger partial charge in [0.15, 0.2) is 0 Å². The van der Waals surface area contributed by atoms with Crippen LogP contribution in [0.25, 0.3) is 0 Å². The zero-order chi connectivity index (χ0) is 13.1. The predicted molar refractivity (Wildman–Crippen MR) is 69.6 cm³/mol. The summed E-state index contributed by atoms with van der Waals surface area (Å²) < 4.78 is 5.38. The Balaban J connectivity index is 2.60. The van der Waals surface area contributed by atoms with Gasteiger partial charge in [0, 0.05) is 0 Å². The van der Waals surface area contributed by atoms with Gasteiger partial charge in [-0.05, 0) is 39.0 Å². The number of carbonyl (C=O) groups excluding carboxylic acids is 1. The minimum absolute atomic E-state index is 0.233. The van der Waals surface area contributed by atoms with Crippen LogP contribution in [0.15, 0.2) is 0 Å². The lowest BCUT2D eigenvalue weighted by Crippen LogP contribution is -2.46. The molecule has 1 saturated carbocycles. The highest BCUT2D eigenvalue weighted by atomic mass is 16.6. The number of carbonyl (C=O) groups is 1. The molecule has 1 aliphatic rings. The fourth-order valence-electron chi connectivity index (χ4n) is 2.76. The molecule has 3 atom stereocenters. The van der Waals surface area contributed by atoms with E-state index >= 15 is 0 Å². The van der Waals surface area contributed by atoms with Gasteiger partial charge >= 0.3 is 5.97 Å². The van der Waals surface area contributed by atoms with Crippen LogP contribution in [0.3, 0.4) is 0 Å². The molecule has 0 aliphatic heterocycles. The van der Waals surface area contributed by atoms with Gasteiger partial charge in [0.2, 0.25) is 0 Å². The molecule has 17 heavy (non-hydrogen) atoms. The van der Waals surface area contributed by atoms with Crippen molar-refractivity contribution in [2.45, 2.75) is 71.4 Å². The molecule has 0 spiro atoms. The normalized spacial score (nSPS) is 27.6. The Hall–Kier alpha value is -0.570. The summed E-state index contributed by atoms with van der Waals surface area (Å²) in [6.45, 7) is 7.84. The molecule has 1 rings (SSSR count). The largest absolute Gasteiger partial charge is 0.459 e. The van der Waals surface area contributed by atoms with Crippen LogP contribution in [0.2, 0.25) is 0 Å². The Bertz CT molecular complexity index is 257. The van der Waals surface area contributed by atoms with Gasteiger partial charge in [-0.2, -0.15) is 0 Å². The van der Waals surface area contributed by atoms with Crippen molar-refractivity contribution in [3.05, 3.63) is 0 Å². The summed E-state index contributed by atoms with van der Waals surface area (Å²) in [5, 5.41) is 0. The molecule has 0 heterocycles. The van der Waals surface area contributed by atoms with Crippen molar-refractivity contribution >= 4 is 5.97 Å². The third-order valence-electron chi connectivity index (χ3n) is 3.63. The molecule has 3 unspecified atom stereocenters. The van der Waals surface area contributed by atoms with Gasteiger partial charge < -0.3 is 10.5 Å². The first-order chi connectivity index (χ1) is 7.85. The molecule has 0 aromatic carbocycles. The van der Waals surface area contributed by atoms with Crippen LogP contribution in [0.5, 0.6) is 0 Å². The van der Waals surface area contributed by atoms with Crippen LogP contribution in [0, 0.1) is 11.8 Å². The van der Waals surface area contributed by atoms with E-state index in [-0.39, 0.29) is 5.97 Å². The van der Waals surface area contributed by atoms with E-state index in [1.54, 1.807) is 0 Å². The lowest BCUT2D eigenvalue weighted by atomic mass is 9.74. The Morgan fingerprint density at radius 3 is 2.47 bits per heavy atom. The lowest BCUT2D eigenvalue weighted by molar-refractivity contribution is -0.158. The molecule has 2 N–H and O–H groups in total. The molecule has 0 saturated heterocycles. The maximum Gasteiger partial charge on any atom is 0.323 e. The molecule has 100 valence electrons. The maximum absolute atomic E-state index is 12.0. The van der Waals surface area contributed by atoms with Crippen molar-refractivity contribution in [2.75, 3.05) is 0 Å². The smallest absolute Gasteiger partial charge is 0.323 e. The van der Waals surface area contributed by atoms with Gasteiger partial charge in [-0.25, -0.2) is 0 Å². The number of rotatable bonds is 3. The molecule has 0 bridgehead atoms. The monoisotopic (exact) mass is 241 g/mol. The van der Waals surface area contributed by atoms with Crippen LogP contribution >= 0.6 is 0 Å².